The number of pyridine rings is 1. The van der Waals surface area contributed by atoms with E-state index in [4.69, 9.17) is 14.4 Å². The molecule has 0 N–H and O–H groups in total. The van der Waals surface area contributed by atoms with Crippen LogP contribution in [-0.4, -0.2) is 15.0 Å². The van der Waals surface area contributed by atoms with Gasteiger partial charge in [0, 0.05) is 45.4 Å². The molecule has 6 aromatic carbocycles. The first kappa shape index (κ1) is 28.9. The van der Waals surface area contributed by atoms with Crippen LogP contribution in [0.1, 0.15) is 33.4 Å². The van der Waals surface area contributed by atoms with Gasteiger partial charge in [-0.3, -0.25) is 4.98 Å². The molecular weight excluding hydrogens is 635 g/mol. The van der Waals surface area contributed by atoms with Gasteiger partial charge in [-0.25, -0.2) is 9.97 Å². The number of hydrogen-bond donors (Lipinski definition) is 0. The number of fused-ring (bicyclic) bond motifs is 13. The van der Waals surface area contributed by atoms with E-state index in [1.54, 1.807) is 6.20 Å². The van der Waals surface area contributed by atoms with Gasteiger partial charge in [-0.1, -0.05) is 133 Å². The summed E-state index contributed by atoms with van der Waals surface area (Å²) >= 11 is 0. The second-order valence-corrected chi connectivity index (χ2v) is 13.6. The van der Waals surface area contributed by atoms with Gasteiger partial charge in [0.15, 0.2) is 5.82 Å². The van der Waals surface area contributed by atoms with Gasteiger partial charge in [0.05, 0.1) is 16.8 Å². The van der Waals surface area contributed by atoms with E-state index in [1.807, 2.05) is 42.6 Å². The Bertz CT molecular complexity index is 2850. The zero-order valence-corrected chi connectivity index (χ0v) is 28.0. The Morgan fingerprint density at radius 1 is 0.481 bits per heavy atom. The molecule has 1 atom stereocenters. The summed E-state index contributed by atoms with van der Waals surface area (Å²) in [6, 6.07) is 53.7. The molecule has 0 saturated carbocycles. The smallest absolute Gasteiger partial charge is 0.160 e. The molecule has 0 saturated heterocycles. The summed E-state index contributed by atoms with van der Waals surface area (Å²) in [4.78, 5) is 14.8. The van der Waals surface area contributed by atoms with E-state index in [0.717, 1.165) is 61.1 Å². The molecule has 52 heavy (non-hydrogen) atoms. The van der Waals surface area contributed by atoms with Gasteiger partial charge in [-0.2, -0.15) is 0 Å². The fourth-order valence-electron chi connectivity index (χ4n) is 8.59. The molecular formula is C48H29N3O. The van der Waals surface area contributed by atoms with E-state index in [1.165, 1.54) is 33.4 Å². The predicted molar refractivity (Wildman–Crippen MR) is 210 cm³/mol. The minimum Gasteiger partial charge on any atom is -0.455 e. The van der Waals surface area contributed by atoms with Crippen LogP contribution < -0.4 is 0 Å². The van der Waals surface area contributed by atoms with Crippen molar-refractivity contribution in [2.24, 2.45) is 0 Å². The number of furan rings is 1. The largest absolute Gasteiger partial charge is 0.455 e. The van der Waals surface area contributed by atoms with Crippen molar-refractivity contribution < 1.29 is 4.42 Å². The molecule has 2 aliphatic carbocycles. The predicted octanol–water partition coefficient (Wildman–Crippen LogP) is 11.6. The van der Waals surface area contributed by atoms with Gasteiger partial charge in [0.1, 0.15) is 11.2 Å². The van der Waals surface area contributed by atoms with Gasteiger partial charge < -0.3 is 4.42 Å². The standard InChI is InChI=1S/C48H29N3O/c1-2-12-32(13-3-1)42-28-43(34-14-10-26-49-29-34)51-47(50-42)33-23-22-31-21-20-30-11-4-7-17-38(30)48(41(31)27-33)39-18-8-5-16-37(39)45-40(48)25-24-36-35-15-6-9-19-44(35)52-46(36)45/h1-29H. The number of aromatic nitrogens is 3. The maximum absolute atomic E-state index is 6.76. The van der Waals surface area contributed by atoms with E-state index in [0.29, 0.717) is 5.82 Å². The number of hydrogen-bond acceptors (Lipinski definition) is 4. The summed E-state index contributed by atoms with van der Waals surface area (Å²) in [6.45, 7) is 0. The van der Waals surface area contributed by atoms with Gasteiger partial charge in [-0.05, 0) is 69.3 Å². The van der Waals surface area contributed by atoms with Crippen molar-refractivity contribution in [1.29, 1.82) is 0 Å². The molecule has 2 aliphatic rings. The summed E-state index contributed by atoms with van der Waals surface area (Å²) < 4.78 is 6.76. The molecule has 242 valence electrons. The van der Waals surface area contributed by atoms with Crippen LogP contribution in [0, 0.1) is 0 Å². The Kier molecular flexibility index (Phi) is 6.13. The third-order valence-electron chi connectivity index (χ3n) is 10.8. The SMILES string of the molecule is C1=Cc2ccc(-c3nc(-c4ccccc4)cc(-c4cccnc4)n3)cc2C2(c3ccccc31)c1ccccc1-c1c2ccc2c1oc1ccccc12. The lowest BCUT2D eigenvalue weighted by Crippen LogP contribution is -2.30. The third-order valence-corrected chi connectivity index (χ3v) is 10.8. The average Bonchev–Trinajstić information content (AvgIpc) is 3.69. The van der Waals surface area contributed by atoms with Crippen molar-refractivity contribution in [1.82, 2.24) is 15.0 Å². The van der Waals surface area contributed by atoms with Crippen LogP contribution in [0.5, 0.6) is 0 Å². The lowest BCUT2D eigenvalue weighted by molar-refractivity contribution is 0.669. The summed E-state index contributed by atoms with van der Waals surface area (Å²) in [7, 11) is 0. The average molecular weight is 664 g/mol. The molecule has 1 spiro atoms. The minimum atomic E-state index is -0.631. The Morgan fingerprint density at radius 3 is 2.08 bits per heavy atom. The highest BCUT2D eigenvalue weighted by atomic mass is 16.3. The molecule has 1 unspecified atom stereocenters. The Hall–Kier alpha value is -6.91. The number of nitrogens with zero attached hydrogens (tertiary/aromatic N) is 3. The molecule has 4 nitrogen and oxygen atoms in total. The second-order valence-electron chi connectivity index (χ2n) is 13.6. The van der Waals surface area contributed by atoms with E-state index >= 15 is 0 Å². The first-order valence-corrected chi connectivity index (χ1v) is 17.6. The molecule has 3 aromatic heterocycles. The van der Waals surface area contributed by atoms with Crippen molar-refractivity contribution in [2.75, 3.05) is 0 Å². The van der Waals surface area contributed by atoms with Gasteiger partial charge >= 0.3 is 0 Å². The van der Waals surface area contributed by atoms with Crippen LogP contribution in [0.3, 0.4) is 0 Å². The number of rotatable bonds is 3. The maximum atomic E-state index is 6.76. The molecule has 4 heteroatoms. The normalized spacial score (nSPS) is 15.3. The molecule has 0 fully saturated rings. The number of benzene rings is 6. The van der Waals surface area contributed by atoms with Crippen LogP contribution in [0.15, 0.2) is 168 Å². The number of para-hydroxylation sites is 1. The molecule has 11 rings (SSSR count). The van der Waals surface area contributed by atoms with Crippen LogP contribution in [-0.2, 0) is 5.41 Å². The van der Waals surface area contributed by atoms with Gasteiger partial charge in [-0.15, -0.1) is 0 Å². The highest BCUT2D eigenvalue weighted by molar-refractivity contribution is 6.12. The van der Waals surface area contributed by atoms with Crippen molar-refractivity contribution in [3.05, 3.63) is 197 Å². The molecule has 0 aliphatic heterocycles. The second kappa shape index (κ2) is 11.0. The molecule has 9 aromatic rings. The highest BCUT2D eigenvalue weighted by Gasteiger charge is 2.49. The molecule has 0 bridgehead atoms. The quantitative estimate of drug-likeness (QED) is 0.189. The summed E-state index contributed by atoms with van der Waals surface area (Å²) in [5.41, 5.74) is 15.4. The van der Waals surface area contributed by atoms with E-state index in [-0.39, 0.29) is 0 Å². The minimum absolute atomic E-state index is 0.631. The third kappa shape index (κ3) is 4.06. The fraction of sp³-hybridized carbons (Fsp3) is 0.0208. The first-order chi connectivity index (χ1) is 25.8. The lowest BCUT2D eigenvalue weighted by atomic mass is 9.65. The Labute approximate surface area is 300 Å². The van der Waals surface area contributed by atoms with Crippen LogP contribution in [0.2, 0.25) is 0 Å². The van der Waals surface area contributed by atoms with Gasteiger partial charge in [0.25, 0.3) is 0 Å². The summed E-state index contributed by atoms with van der Waals surface area (Å²) in [5.74, 6) is 0.666. The first-order valence-electron chi connectivity index (χ1n) is 17.6. The van der Waals surface area contributed by atoms with E-state index in [2.05, 4.69) is 132 Å². The van der Waals surface area contributed by atoms with Crippen molar-refractivity contribution in [3.63, 3.8) is 0 Å². The van der Waals surface area contributed by atoms with E-state index in [9.17, 15) is 0 Å². The fourth-order valence-corrected chi connectivity index (χ4v) is 8.59. The van der Waals surface area contributed by atoms with Crippen molar-refractivity contribution >= 4 is 34.1 Å². The monoisotopic (exact) mass is 663 g/mol. The van der Waals surface area contributed by atoms with E-state index < -0.39 is 5.41 Å². The van der Waals surface area contributed by atoms with Crippen molar-refractivity contribution in [2.45, 2.75) is 5.41 Å². The van der Waals surface area contributed by atoms with Crippen LogP contribution in [0.4, 0.5) is 0 Å². The van der Waals surface area contributed by atoms with Crippen LogP contribution >= 0.6 is 0 Å². The van der Waals surface area contributed by atoms with Gasteiger partial charge in [0.2, 0.25) is 0 Å². The molecule has 0 amide bonds. The Morgan fingerprint density at radius 2 is 1.21 bits per heavy atom. The zero-order valence-electron chi connectivity index (χ0n) is 28.0. The lowest BCUT2D eigenvalue weighted by Gasteiger charge is -2.35. The topological polar surface area (TPSA) is 51.8 Å². The van der Waals surface area contributed by atoms with Crippen LogP contribution in [0.25, 0.3) is 79.1 Å². The summed E-state index contributed by atoms with van der Waals surface area (Å²) in [6.07, 6.45) is 8.17. The molecule has 0 radical (unpaired) electrons. The van der Waals surface area contributed by atoms with Crippen molar-refractivity contribution in [3.8, 4) is 45.0 Å². The molecule has 3 heterocycles. The maximum Gasteiger partial charge on any atom is 0.160 e. The highest BCUT2D eigenvalue weighted by Crippen LogP contribution is 2.60. The Balaban J connectivity index is 1.23. The summed E-state index contributed by atoms with van der Waals surface area (Å²) in [5, 5.41) is 2.26. The zero-order chi connectivity index (χ0) is 34.2.